The van der Waals surface area contributed by atoms with Gasteiger partial charge in [-0.05, 0) is 54.5 Å². The van der Waals surface area contributed by atoms with Crippen LogP contribution >= 0.6 is 11.6 Å². The summed E-state index contributed by atoms with van der Waals surface area (Å²) in [6, 6.07) is 14.3. The summed E-state index contributed by atoms with van der Waals surface area (Å²) in [4.78, 5) is 26.1. The first kappa shape index (κ1) is 24.2. The Labute approximate surface area is 205 Å². The van der Waals surface area contributed by atoms with E-state index in [0.717, 1.165) is 10.5 Å². The third kappa shape index (κ3) is 5.60. The van der Waals surface area contributed by atoms with E-state index < -0.39 is 17.8 Å². The molecule has 1 fully saturated rings. The number of nitrogens with one attached hydrogen (secondary N) is 1. The fourth-order valence-corrected chi connectivity index (χ4v) is 3.76. The first-order valence-electron chi connectivity index (χ1n) is 10.8. The van der Waals surface area contributed by atoms with Gasteiger partial charge in [0, 0.05) is 5.56 Å². The van der Waals surface area contributed by atoms with Gasteiger partial charge in [0.05, 0.1) is 18.2 Å². The number of carbonyl (C=O) groups excluding carboxylic acids is 2. The number of hydrogen-bond acceptors (Lipinski definition) is 4. The van der Waals surface area contributed by atoms with Crippen molar-refractivity contribution in [1.29, 1.82) is 0 Å². The van der Waals surface area contributed by atoms with E-state index in [0.29, 0.717) is 23.7 Å². The molecule has 0 bridgehead atoms. The number of ether oxygens (including phenoxy) is 2. The lowest BCUT2D eigenvalue weighted by Crippen LogP contribution is -2.30. The predicted molar refractivity (Wildman–Crippen MR) is 127 cm³/mol. The summed E-state index contributed by atoms with van der Waals surface area (Å²) in [5.74, 6) is -0.809. The quantitative estimate of drug-likeness (QED) is 0.320. The van der Waals surface area contributed by atoms with E-state index in [9.17, 15) is 18.4 Å². The summed E-state index contributed by atoms with van der Waals surface area (Å²) >= 11 is 6.45. The van der Waals surface area contributed by atoms with E-state index in [4.69, 9.17) is 21.1 Å². The number of carbonyl (C=O) groups is 2. The second kappa shape index (κ2) is 10.6. The summed E-state index contributed by atoms with van der Waals surface area (Å²) in [5, 5.41) is 2.74. The van der Waals surface area contributed by atoms with Crippen LogP contribution in [-0.2, 0) is 17.9 Å². The molecule has 9 heteroatoms. The van der Waals surface area contributed by atoms with E-state index in [2.05, 4.69) is 5.32 Å². The van der Waals surface area contributed by atoms with Crippen LogP contribution in [0.25, 0.3) is 6.08 Å². The van der Waals surface area contributed by atoms with Gasteiger partial charge in [-0.1, -0.05) is 41.9 Å². The Bertz CT molecular complexity index is 1300. The van der Waals surface area contributed by atoms with Gasteiger partial charge in [0.1, 0.15) is 23.9 Å². The minimum Gasteiger partial charge on any atom is -0.490 e. The fourth-order valence-electron chi connectivity index (χ4n) is 3.49. The number of nitrogens with zero attached hydrogens (tertiary/aromatic N) is 1. The van der Waals surface area contributed by atoms with Gasteiger partial charge in [0.15, 0.2) is 11.5 Å². The Morgan fingerprint density at radius 3 is 2.49 bits per heavy atom. The molecule has 0 aliphatic carbocycles. The fraction of sp³-hybridized carbons (Fsp3) is 0.154. The second-order valence-corrected chi connectivity index (χ2v) is 8.06. The van der Waals surface area contributed by atoms with Crippen LogP contribution in [0.3, 0.4) is 0 Å². The lowest BCUT2D eigenvalue weighted by molar-refractivity contribution is -0.123. The van der Waals surface area contributed by atoms with E-state index in [-0.39, 0.29) is 35.3 Å². The predicted octanol–water partition coefficient (Wildman–Crippen LogP) is 5.69. The summed E-state index contributed by atoms with van der Waals surface area (Å²) in [5.41, 5.74) is 1.47. The van der Waals surface area contributed by atoms with Crippen LogP contribution in [-0.4, -0.2) is 23.4 Å². The Balaban J connectivity index is 1.55. The molecule has 0 spiro atoms. The maximum absolute atomic E-state index is 14.0. The first-order chi connectivity index (χ1) is 16.9. The van der Waals surface area contributed by atoms with Crippen molar-refractivity contribution < 1.29 is 27.8 Å². The lowest BCUT2D eigenvalue weighted by atomic mass is 10.1. The van der Waals surface area contributed by atoms with Crippen LogP contribution in [0.15, 0.2) is 66.4 Å². The van der Waals surface area contributed by atoms with Gasteiger partial charge >= 0.3 is 6.03 Å². The molecule has 1 heterocycles. The first-order valence-corrected chi connectivity index (χ1v) is 11.1. The zero-order valence-corrected chi connectivity index (χ0v) is 19.4. The van der Waals surface area contributed by atoms with E-state index in [1.54, 1.807) is 37.3 Å². The van der Waals surface area contributed by atoms with Gasteiger partial charge in [-0.15, -0.1) is 0 Å². The van der Waals surface area contributed by atoms with Crippen molar-refractivity contribution in [2.45, 2.75) is 20.1 Å². The average Bonchev–Trinajstić information content (AvgIpc) is 3.08. The highest BCUT2D eigenvalue weighted by Crippen LogP contribution is 2.38. The summed E-state index contributed by atoms with van der Waals surface area (Å²) in [6.45, 7) is 2.06. The van der Waals surface area contributed by atoms with E-state index in [1.807, 2.05) is 0 Å². The molecular formula is C26H21ClF2N2O4. The van der Waals surface area contributed by atoms with Gasteiger partial charge in [-0.2, -0.15) is 0 Å². The molecule has 1 saturated heterocycles. The zero-order valence-electron chi connectivity index (χ0n) is 18.7. The molecule has 4 rings (SSSR count). The van der Waals surface area contributed by atoms with Gasteiger partial charge in [-0.3, -0.25) is 9.69 Å². The number of halogens is 3. The highest BCUT2D eigenvalue weighted by molar-refractivity contribution is 6.32. The van der Waals surface area contributed by atoms with Crippen molar-refractivity contribution in [3.63, 3.8) is 0 Å². The van der Waals surface area contributed by atoms with E-state index in [1.165, 1.54) is 36.4 Å². The molecule has 3 aromatic rings. The van der Waals surface area contributed by atoms with Crippen molar-refractivity contribution in [2.24, 2.45) is 0 Å². The Morgan fingerprint density at radius 1 is 1.03 bits per heavy atom. The number of amides is 3. The van der Waals surface area contributed by atoms with Crippen LogP contribution in [0.4, 0.5) is 13.6 Å². The average molecular weight is 499 g/mol. The molecule has 1 N–H and O–H groups in total. The standard InChI is InChI=1S/C26H21ClF2N2O4/c1-2-34-23-13-17(11-20(27)24(23)35-15-16-7-9-19(28)10-8-16)12-22-25(32)31(26(33)30-22)14-18-5-3-4-6-21(18)29/h3-13H,2,14-15H2,1H3,(H,30,33)/b22-12+. The topological polar surface area (TPSA) is 67.9 Å². The molecule has 0 aromatic heterocycles. The third-order valence-corrected chi connectivity index (χ3v) is 5.47. The van der Waals surface area contributed by atoms with Crippen molar-refractivity contribution in [1.82, 2.24) is 10.2 Å². The van der Waals surface area contributed by atoms with Gasteiger partial charge in [0.25, 0.3) is 5.91 Å². The maximum atomic E-state index is 14.0. The molecular weight excluding hydrogens is 478 g/mol. The summed E-state index contributed by atoms with van der Waals surface area (Å²) in [6.07, 6.45) is 1.46. The molecule has 35 heavy (non-hydrogen) atoms. The van der Waals surface area contributed by atoms with Crippen molar-refractivity contribution in [3.05, 3.63) is 99.7 Å². The normalized spacial score (nSPS) is 14.4. The third-order valence-electron chi connectivity index (χ3n) is 5.19. The van der Waals surface area contributed by atoms with Crippen LogP contribution in [0.5, 0.6) is 11.5 Å². The molecule has 6 nitrogen and oxygen atoms in total. The molecule has 0 saturated carbocycles. The van der Waals surface area contributed by atoms with Crippen molar-refractivity contribution in [3.8, 4) is 11.5 Å². The minimum atomic E-state index is -0.653. The Morgan fingerprint density at radius 2 is 1.77 bits per heavy atom. The summed E-state index contributed by atoms with van der Waals surface area (Å²) in [7, 11) is 0. The molecule has 3 aromatic carbocycles. The number of hydrogen-bond donors (Lipinski definition) is 1. The highest BCUT2D eigenvalue weighted by Gasteiger charge is 2.34. The van der Waals surface area contributed by atoms with Gasteiger partial charge < -0.3 is 14.8 Å². The molecule has 0 unspecified atom stereocenters. The van der Waals surface area contributed by atoms with Crippen LogP contribution < -0.4 is 14.8 Å². The van der Waals surface area contributed by atoms with Gasteiger partial charge in [0.2, 0.25) is 0 Å². The highest BCUT2D eigenvalue weighted by atomic mass is 35.5. The van der Waals surface area contributed by atoms with E-state index >= 15 is 0 Å². The van der Waals surface area contributed by atoms with Crippen molar-refractivity contribution in [2.75, 3.05) is 6.61 Å². The zero-order chi connectivity index (χ0) is 24.9. The minimum absolute atomic E-state index is 0.0184. The smallest absolute Gasteiger partial charge is 0.329 e. The van der Waals surface area contributed by atoms with Crippen LogP contribution in [0.2, 0.25) is 5.02 Å². The molecule has 180 valence electrons. The molecule has 0 radical (unpaired) electrons. The maximum Gasteiger partial charge on any atom is 0.329 e. The lowest BCUT2D eigenvalue weighted by Gasteiger charge is -2.15. The monoisotopic (exact) mass is 498 g/mol. The number of benzene rings is 3. The molecule has 0 atom stereocenters. The Hall–Kier alpha value is -3.91. The number of urea groups is 1. The molecule has 1 aliphatic rings. The second-order valence-electron chi connectivity index (χ2n) is 7.65. The van der Waals surface area contributed by atoms with Crippen molar-refractivity contribution >= 4 is 29.6 Å². The molecule has 3 amide bonds. The SMILES string of the molecule is CCOc1cc(/C=C2/NC(=O)N(Cc3ccccc3F)C2=O)cc(Cl)c1OCc1ccc(F)cc1. The number of rotatable bonds is 8. The largest absolute Gasteiger partial charge is 0.490 e. The van der Waals surface area contributed by atoms with Crippen LogP contribution in [0.1, 0.15) is 23.6 Å². The number of imide groups is 1. The van der Waals surface area contributed by atoms with Gasteiger partial charge in [-0.25, -0.2) is 13.6 Å². The summed E-state index contributed by atoms with van der Waals surface area (Å²) < 4.78 is 38.6. The Kier molecular flexibility index (Phi) is 7.31. The van der Waals surface area contributed by atoms with Crippen LogP contribution in [0, 0.1) is 11.6 Å². The molecule has 1 aliphatic heterocycles.